The van der Waals surface area contributed by atoms with Crippen LogP contribution >= 0.6 is 0 Å². The fourth-order valence-electron chi connectivity index (χ4n) is 1.39. The summed E-state index contributed by atoms with van der Waals surface area (Å²) in [6.45, 7) is 0. The number of anilines is 1. The zero-order chi connectivity index (χ0) is 14.9. The van der Waals surface area contributed by atoms with E-state index in [1.54, 1.807) is 12.1 Å². The van der Waals surface area contributed by atoms with Gasteiger partial charge in [0.25, 0.3) is 0 Å². The topological polar surface area (TPSA) is 102 Å². The van der Waals surface area contributed by atoms with Gasteiger partial charge >= 0.3 is 15.9 Å². The van der Waals surface area contributed by atoms with Crippen LogP contribution in [0.1, 0.15) is 0 Å². The standard InChI is InChI=1S/C10H14N6O3S/c1-14(2)20(18,19)11-8-4-6-9(7-5-8)16-10(17)15(3)12-13-16/h4-7,11H,1-3H3. The second-order valence-electron chi connectivity index (χ2n) is 4.23. The van der Waals surface area contributed by atoms with Crippen LogP contribution in [-0.2, 0) is 17.3 Å². The van der Waals surface area contributed by atoms with Gasteiger partial charge in [-0.2, -0.15) is 22.1 Å². The summed E-state index contributed by atoms with van der Waals surface area (Å²) in [5.74, 6) is 0. The molecule has 0 saturated heterocycles. The summed E-state index contributed by atoms with van der Waals surface area (Å²) >= 11 is 0. The van der Waals surface area contributed by atoms with E-state index in [0.717, 1.165) is 13.7 Å². The van der Waals surface area contributed by atoms with Gasteiger partial charge in [0, 0.05) is 26.8 Å². The zero-order valence-electron chi connectivity index (χ0n) is 11.2. The maximum absolute atomic E-state index is 11.7. The van der Waals surface area contributed by atoms with Gasteiger partial charge in [-0.25, -0.2) is 4.79 Å². The Morgan fingerprint density at radius 2 is 1.75 bits per heavy atom. The van der Waals surface area contributed by atoms with Crippen molar-refractivity contribution < 1.29 is 8.42 Å². The molecule has 2 aromatic rings. The summed E-state index contributed by atoms with van der Waals surface area (Å²) in [6.07, 6.45) is 0. The van der Waals surface area contributed by atoms with E-state index in [2.05, 4.69) is 15.1 Å². The first kappa shape index (κ1) is 14.2. The lowest BCUT2D eigenvalue weighted by molar-refractivity contribution is 0.527. The first-order valence-corrected chi connectivity index (χ1v) is 7.05. The van der Waals surface area contributed by atoms with Crippen LogP contribution in [0.25, 0.3) is 5.69 Å². The zero-order valence-corrected chi connectivity index (χ0v) is 12.0. The van der Waals surface area contributed by atoms with Crippen molar-refractivity contribution in [2.45, 2.75) is 0 Å². The minimum Gasteiger partial charge on any atom is -0.271 e. The Labute approximate surface area is 115 Å². The molecule has 0 saturated carbocycles. The van der Waals surface area contributed by atoms with Crippen LogP contribution in [0.4, 0.5) is 5.69 Å². The highest BCUT2D eigenvalue weighted by Crippen LogP contribution is 2.13. The number of rotatable bonds is 4. The van der Waals surface area contributed by atoms with Crippen molar-refractivity contribution >= 4 is 15.9 Å². The van der Waals surface area contributed by atoms with Gasteiger partial charge in [-0.05, 0) is 34.7 Å². The van der Waals surface area contributed by atoms with Gasteiger partial charge in [0.2, 0.25) is 0 Å². The number of hydrogen-bond donors (Lipinski definition) is 1. The average Bonchev–Trinajstić information content (AvgIpc) is 2.71. The molecule has 0 fully saturated rings. The maximum atomic E-state index is 11.7. The Morgan fingerprint density at radius 1 is 1.15 bits per heavy atom. The molecule has 1 heterocycles. The number of aryl methyl sites for hydroxylation is 1. The van der Waals surface area contributed by atoms with Crippen molar-refractivity contribution in [3.8, 4) is 5.69 Å². The monoisotopic (exact) mass is 298 g/mol. The van der Waals surface area contributed by atoms with Gasteiger partial charge in [0.15, 0.2) is 0 Å². The molecular formula is C10H14N6O3S. The SMILES string of the molecule is CN(C)S(=O)(=O)Nc1ccc(-n2nnn(C)c2=O)cc1. The smallest absolute Gasteiger partial charge is 0.271 e. The number of nitrogens with zero attached hydrogens (tertiary/aromatic N) is 5. The molecule has 108 valence electrons. The number of aromatic nitrogens is 4. The third-order valence-corrected chi connectivity index (χ3v) is 4.02. The fraction of sp³-hybridized carbons (Fsp3) is 0.300. The number of benzene rings is 1. The molecule has 0 bridgehead atoms. The summed E-state index contributed by atoms with van der Waals surface area (Å²) < 4.78 is 29.0. The summed E-state index contributed by atoms with van der Waals surface area (Å²) in [5.41, 5.74) is 0.502. The predicted octanol–water partition coefficient (Wildman–Crippen LogP) is -0.816. The van der Waals surface area contributed by atoms with Crippen LogP contribution in [0, 0.1) is 0 Å². The highest BCUT2D eigenvalue weighted by molar-refractivity contribution is 7.90. The van der Waals surface area contributed by atoms with Gasteiger partial charge in [0.05, 0.1) is 5.69 Å². The number of nitrogens with one attached hydrogen (secondary N) is 1. The van der Waals surface area contributed by atoms with Crippen molar-refractivity contribution in [1.82, 2.24) is 24.1 Å². The first-order chi connectivity index (χ1) is 9.31. The highest BCUT2D eigenvalue weighted by Gasteiger charge is 2.13. The van der Waals surface area contributed by atoms with Crippen molar-refractivity contribution in [1.29, 1.82) is 0 Å². The molecule has 1 aromatic heterocycles. The van der Waals surface area contributed by atoms with Gasteiger partial charge in [-0.15, -0.1) is 0 Å². The molecule has 0 radical (unpaired) electrons. The quantitative estimate of drug-likeness (QED) is 0.795. The minimum atomic E-state index is -3.55. The van der Waals surface area contributed by atoms with E-state index in [9.17, 15) is 13.2 Å². The fourth-order valence-corrected chi connectivity index (χ4v) is 2.00. The van der Waals surface area contributed by atoms with E-state index in [4.69, 9.17) is 0 Å². The molecule has 0 aliphatic carbocycles. The number of hydrogen-bond acceptors (Lipinski definition) is 5. The lowest BCUT2D eigenvalue weighted by Crippen LogP contribution is -2.28. The van der Waals surface area contributed by atoms with Gasteiger partial charge in [-0.1, -0.05) is 0 Å². The van der Waals surface area contributed by atoms with Crippen molar-refractivity contribution in [3.05, 3.63) is 34.7 Å². The summed E-state index contributed by atoms with van der Waals surface area (Å²) in [6, 6.07) is 6.22. The molecular weight excluding hydrogens is 284 g/mol. The summed E-state index contributed by atoms with van der Waals surface area (Å²) in [7, 11) is 0.794. The van der Waals surface area contributed by atoms with Crippen molar-refractivity contribution in [3.63, 3.8) is 0 Å². The lowest BCUT2D eigenvalue weighted by atomic mass is 10.3. The third kappa shape index (κ3) is 2.70. The molecule has 1 aromatic carbocycles. The molecule has 0 aliphatic heterocycles. The van der Waals surface area contributed by atoms with E-state index in [1.807, 2.05) is 0 Å². The van der Waals surface area contributed by atoms with E-state index >= 15 is 0 Å². The van der Waals surface area contributed by atoms with Crippen LogP contribution in [0.3, 0.4) is 0 Å². The Kier molecular flexibility index (Phi) is 3.59. The van der Waals surface area contributed by atoms with Crippen LogP contribution in [0.15, 0.2) is 29.1 Å². The van der Waals surface area contributed by atoms with Gasteiger partial charge < -0.3 is 0 Å². The maximum Gasteiger partial charge on any atom is 0.368 e. The van der Waals surface area contributed by atoms with Crippen molar-refractivity contribution in [2.75, 3.05) is 18.8 Å². The molecule has 0 unspecified atom stereocenters. The summed E-state index contributed by atoms with van der Waals surface area (Å²) in [4.78, 5) is 11.7. The minimum absolute atomic E-state index is 0.383. The molecule has 0 aliphatic rings. The molecule has 9 nitrogen and oxygen atoms in total. The Hall–Kier alpha value is -2.20. The van der Waals surface area contributed by atoms with Crippen LogP contribution in [-0.4, -0.2) is 46.6 Å². The molecule has 20 heavy (non-hydrogen) atoms. The van der Waals surface area contributed by atoms with E-state index in [1.165, 1.54) is 33.3 Å². The Balaban J connectivity index is 2.28. The van der Waals surface area contributed by atoms with E-state index in [-0.39, 0.29) is 5.69 Å². The first-order valence-electron chi connectivity index (χ1n) is 5.61. The van der Waals surface area contributed by atoms with Crippen LogP contribution in [0.2, 0.25) is 0 Å². The Morgan fingerprint density at radius 3 is 2.20 bits per heavy atom. The normalized spacial score (nSPS) is 11.8. The summed E-state index contributed by atoms with van der Waals surface area (Å²) in [5, 5.41) is 7.28. The molecule has 0 atom stereocenters. The van der Waals surface area contributed by atoms with E-state index < -0.39 is 10.2 Å². The average molecular weight is 298 g/mol. The molecule has 0 spiro atoms. The van der Waals surface area contributed by atoms with Gasteiger partial charge in [-0.3, -0.25) is 4.72 Å². The van der Waals surface area contributed by atoms with Crippen LogP contribution in [0.5, 0.6) is 0 Å². The lowest BCUT2D eigenvalue weighted by Gasteiger charge is -2.13. The largest absolute Gasteiger partial charge is 0.368 e. The van der Waals surface area contributed by atoms with Crippen molar-refractivity contribution in [2.24, 2.45) is 7.05 Å². The number of tetrazole rings is 1. The predicted molar refractivity (Wildman–Crippen MR) is 72.8 cm³/mol. The van der Waals surface area contributed by atoms with Gasteiger partial charge in [0.1, 0.15) is 0 Å². The molecule has 2 rings (SSSR count). The van der Waals surface area contributed by atoms with Crippen LogP contribution < -0.4 is 10.4 Å². The highest BCUT2D eigenvalue weighted by atomic mass is 32.2. The Bertz CT molecular complexity index is 759. The molecule has 10 heteroatoms. The second-order valence-corrected chi connectivity index (χ2v) is 6.12. The third-order valence-electron chi connectivity index (χ3n) is 2.56. The second kappa shape index (κ2) is 5.06. The molecule has 1 N–H and O–H groups in total. The van der Waals surface area contributed by atoms with E-state index in [0.29, 0.717) is 11.4 Å². The molecule has 0 amide bonds.